The summed E-state index contributed by atoms with van der Waals surface area (Å²) in [5.41, 5.74) is 1.93. The Morgan fingerprint density at radius 3 is 2.50 bits per heavy atom. The highest BCUT2D eigenvalue weighted by atomic mass is 16.2. The highest BCUT2D eigenvalue weighted by molar-refractivity contribution is 5.90. The number of hydrogen-bond donors (Lipinski definition) is 1. The van der Waals surface area contributed by atoms with Gasteiger partial charge in [-0.15, -0.1) is 0 Å². The zero-order valence-corrected chi connectivity index (χ0v) is 7.86. The lowest BCUT2D eigenvalue weighted by Crippen LogP contribution is -2.46. The molecule has 0 atom stereocenters. The van der Waals surface area contributed by atoms with E-state index in [0.29, 0.717) is 13.1 Å². The van der Waals surface area contributed by atoms with Gasteiger partial charge < -0.3 is 10.2 Å². The number of nitrogens with zero attached hydrogens (tertiary/aromatic N) is 1. The maximum Gasteiger partial charge on any atom is 0.322 e. The number of para-hydroxylation sites is 1. The number of urea groups is 1. The number of likely N-dealkylation sites (tertiary alicyclic amines) is 1. The van der Waals surface area contributed by atoms with Gasteiger partial charge in [-0.1, -0.05) is 24.8 Å². The van der Waals surface area contributed by atoms with Gasteiger partial charge in [0.2, 0.25) is 0 Å². The van der Waals surface area contributed by atoms with Crippen LogP contribution in [-0.4, -0.2) is 24.0 Å². The first-order valence-electron chi connectivity index (χ1n) is 4.53. The average molecular weight is 188 g/mol. The molecule has 0 spiro atoms. The Morgan fingerprint density at radius 1 is 1.29 bits per heavy atom. The number of carbonyl (C=O) groups excluding carboxylic acids is 1. The van der Waals surface area contributed by atoms with E-state index in [1.807, 2.05) is 30.3 Å². The fourth-order valence-corrected chi connectivity index (χ4v) is 1.36. The van der Waals surface area contributed by atoms with Gasteiger partial charge in [-0.3, -0.25) is 0 Å². The summed E-state index contributed by atoms with van der Waals surface area (Å²) < 4.78 is 0. The molecule has 1 N–H and O–H groups in total. The van der Waals surface area contributed by atoms with Crippen LogP contribution in [0.3, 0.4) is 0 Å². The average Bonchev–Trinajstić information content (AvgIpc) is 2.14. The largest absolute Gasteiger partial charge is 0.322 e. The number of hydrogen-bond acceptors (Lipinski definition) is 1. The van der Waals surface area contributed by atoms with Crippen molar-refractivity contribution >= 4 is 11.7 Å². The highest BCUT2D eigenvalue weighted by Crippen LogP contribution is 2.14. The first kappa shape index (κ1) is 8.81. The molecule has 72 valence electrons. The van der Waals surface area contributed by atoms with Gasteiger partial charge in [0.1, 0.15) is 0 Å². The van der Waals surface area contributed by atoms with E-state index in [1.165, 1.54) is 0 Å². The van der Waals surface area contributed by atoms with Crippen LogP contribution in [0.15, 0.2) is 42.5 Å². The Morgan fingerprint density at radius 2 is 1.93 bits per heavy atom. The highest BCUT2D eigenvalue weighted by Gasteiger charge is 2.23. The van der Waals surface area contributed by atoms with Crippen LogP contribution >= 0.6 is 0 Å². The molecular formula is C11H12N2O. The van der Waals surface area contributed by atoms with Crippen LogP contribution in [0.25, 0.3) is 0 Å². The molecule has 14 heavy (non-hydrogen) atoms. The molecule has 1 aromatic carbocycles. The number of rotatable bonds is 1. The molecule has 0 bridgehead atoms. The van der Waals surface area contributed by atoms with Crippen LogP contribution in [0.5, 0.6) is 0 Å². The topological polar surface area (TPSA) is 32.3 Å². The van der Waals surface area contributed by atoms with Gasteiger partial charge >= 0.3 is 6.03 Å². The normalized spacial score (nSPS) is 14.9. The third-order valence-electron chi connectivity index (χ3n) is 2.14. The summed E-state index contributed by atoms with van der Waals surface area (Å²) in [5, 5.41) is 2.81. The Hall–Kier alpha value is -1.77. The number of carbonyl (C=O) groups is 1. The Labute approximate surface area is 83.0 Å². The zero-order valence-electron chi connectivity index (χ0n) is 7.86. The predicted molar refractivity (Wildman–Crippen MR) is 56.2 cm³/mol. The maximum atomic E-state index is 11.5. The molecule has 0 unspecified atom stereocenters. The van der Waals surface area contributed by atoms with Crippen molar-refractivity contribution in [3.8, 4) is 0 Å². The maximum absolute atomic E-state index is 11.5. The van der Waals surface area contributed by atoms with Crippen molar-refractivity contribution in [2.75, 3.05) is 18.4 Å². The Bertz CT molecular complexity index is 351. The van der Waals surface area contributed by atoms with E-state index in [4.69, 9.17) is 0 Å². The van der Waals surface area contributed by atoms with E-state index in [-0.39, 0.29) is 6.03 Å². The third-order valence-corrected chi connectivity index (χ3v) is 2.14. The molecule has 3 nitrogen and oxygen atoms in total. The minimum absolute atomic E-state index is 0.0522. The summed E-state index contributed by atoms with van der Waals surface area (Å²) in [6.45, 7) is 5.14. The molecule has 2 amide bonds. The van der Waals surface area contributed by atoms with Gasteiger partial charge in [-0.25, -0.2) is 4.79 Å². The van der Waals surface area contributed by atoms with Gasteiger partial charge in [-0.05, 0) is 17.7 Å². The second-order valence-electron chi connectivity index (χ2n) is 3.40. The molecule has 1 aliphatic heterocycles. The molecule has 0 aromatic heterocycles. The second-order valence-corrected chi connectivity index (χ2v) is 3.40. The molecule has 2 rings (SSSR count). The van der Waals surface area contributed by atoms with Crippen LogP contribution in [0.4, 0.5) is 10.5 Å². The predicted octanol–water partition coefficient (Wildman–Crippen LogP) is 2.09. The van der Waals surface area contributed by atoms with Crippen LogP contribution in [-0.2, 0) is 0 Å². The van der Waals surface area contributed by atoms with E-state index in [9.17, 15) is 4.79 Å². The summed E-state index contributed by atoms with van der Waals surface area (Å²) in [6.07, 6.45) is 0. The molecule has 1 aliphatic rings. The first-order valence-corrected chi connectivity index (χ1v) is 4.53. The summed E-state index contributed by atoms with van der Waals surface area (Å²) >= 11 is 0. The number of benzene rings is 1. The quantitative estimate of drug-likeness (QED) is 0.672. The summed E-state index contributed by atoms with van der Waals surface area (Å²) in [4.78, 5) is 13.2. The van der Waals surface area contributed by atoms with E-state index in [1.54, 1.807) is 4.90 Å². The van der Waals surface area contributed by atoms with Gasteiger partial charge in [0.15, 0.2) is 0 Å². The van der Waals surface area contributed by atoms with Gasteiger partial charge in [0.25, 0.3) is 0 Å². The van der Waals surface area contributed by atoms with E-state index in [2.05, 4.69) is 11.9 Å². The lowest BCUT2D eigenvalue weighted by Gasteiger charge is -2.33. The summed E-state index contributed by atoms with van der Waals surface area (Å²) in [6, 6.07) is 9.39. The van der Waals surface area contributed by atoms with Crippen molar-refractivity contribution in [3.63, 3.8) is 0 Å². The zero-order chi connectivity index (χ0) is 9.97. The Kier molecular flexibility index (Phi) is 2.23. The monoisotopic (exact) mass is 188 g/mol. The third kappa shape index (κ3) is 1.76. The first-order chi connectivity index (χ1) is 6.75. The van der Waals surface area contributed by atoms with Crippen LogP contribution < -0.4 is 5.32 Å². The smallest absolute Gasteiger partial charge is 0.316 e. The molecule has 1 aromatic rings. The molecule has 0 saturated carbocycles. The molecular weight excluding hydrogens is 176 g/mol. The van der Waals surface area contributed by atoms with Crippen LogP contribution in [0.2, 0.25) is 0 Å². The fraction of sp³-hybridized carbons (Fsp3) is 0.182. The minimum atomic E-state index is -0.0522. The molecule has 3 heteroatoms. The Balaban J connectivity index is 1.92. The molecule has 0 radical (unpaired) electrons. The van der Waals surface area contributed by atoms with Crippen LogP contribution in [0.1, 0.15) is 0 Å². The van der Waals surface area contributed by atoms with Gasteiger partial charge in [0, 0.05) is 18.8 Å². The SMILES string of the molecule is C=C1CN(C(=O)Nc2ccccc2)C1. The number of nitrogens with one attached hydrogen (secondary N) is 1. The second kappa shape index (κ2) is 3.54. The summed E-state index contributed by atoms with van der Waals surface area (Å²) in [7, 11) is 0. The van der Waals surface area contributed by atoms with E-state index >= 15 is 0 Å². The summed E-state index contributed by atoms with van der Waals surface area (Å²) in [5.74, 6) is 0. The van der Waals surface area contributed by atoms with Crippen LogP contribution in [0, 0.1) is 0 Å². The lowest BCUT2D eigenvalue weighted by molar-refractivity contribution is 0.205. The molecule has 1 saturated heterocycles. The fourth-order valence-electron chi connectivity index (χ4n) is 1.36. The standard InChI is InChI=1S/C11H12N2O/c1-9-7-13(8-9)11(14)12-10-5-3-2-4-6-10/h2-6H,1,7-8H2,(H,12,14). The van der Waals surface area contributed by atoms with E-state index < -0.39 is 0 Å². The minimum Gasteiger partial charge on any atom is -0.316 e. The van der Waals surface area contributed by atoms with E-state index in [0.717, 1.165) is 11.3 Å². The van der Waals surface area contributed by atoms with Crippen molar-refractivity contribution in [2.45, 2.75) is 0 Å². The molecule has 1 fully saturated rings. The number of amides is 2. The van der Waals surface area contributed by atoms with Gasteiger partial charge in [-0.2, -0.15) is 0 Å². The molecule has 1 heterocycles. The van der Waals surface area contributed by atoms with Crippen molar-refractivity contribution in [2.24, 2.45) is 0 Å². The van der Waals surface area contributed by atoms with Crippen molar-refractivity contribution in [1.82, 2.24) is 4.90 Å². The number of anilines is 1. The van der Waals surface area contributed by atoms with Crippen molar-refractivity contribution in [1.29, 1.82) is 0 Å². The van der Waals surface area contributed by atoms with Crippen molar-refractivity contribution < 1.29 is 4.79 Å². The van der Waals surface area contributed by atoms with Gasteiger partial charge in [0.05, 0.1) is 0 Å². The molecule has 0 aliphatic carbocycles. The van der Waals surface area contributed by atoms with Crippen molar-refractivity contribution in [3.05, 3.63) is 42.5 Å². The lowest BCUT2D eigenvalue weighted by atomic mass is 10.1.